The Bertz CT molecular complexity index is 714. The second kappa shape index (κ2) is 8.98. The van der Waals surface area contributed by atoms with Crippen LogP contribution in [0.15, 0.2) is 48.5 Å². The van der Waals surface area contributed by atoms with Gasteiger partial charge in [-0.05, 0) is 36.4 Å². The molecule has 138 valence electrons. The van der Waals surface area contributed by atoms with Crippen molar-refractivity contribution in [3.8, 4) is 5.75 Å². The van der Waals surface area contributed by atoms with Crippen molar-refractivity contribution < 1.29 is 19.5 Å². The molecule has 0 bridgehead atoms. The summed E-state index contributed by atoms with van der Waals surface area (Å²) in [6.45, 7) is 7.06. The first kappa shape index (κ1) is 18.6. The molecule has 2 aromatic rings. The molecule has 1 aliphatic heterocycles. The maximum atomic E-state index is 10.7. The van der Waals surface area contributed by atoms with E-state index in [4.69, 9.17) is 16.3 Å². The van der Waals surface area contributed by atoms with Crippen LogP contribution in [0.2, 0.25) is 5.02 Å². The minimum absolute atomic E-state index is 0.152. The van der Waals surface area contributed by atoms with Crippen LogP contribution in [0.4, 0.5) is 5.69 Å². The number of nitrogens with one attached hydrogen (secondary N) is 2. The number of benzene rings is 2. The Hall–Kier alpha value is -2.15. The molecule has 7 heteroatoms. The molecular formula is C19H24ClN3O3+2. The van der Waals surface area contributed by atoms with E-state index in [-0.39, 0.29) is 10.6 Å². The van der Waals surface area contributed by atoms with E-state index in [2.05, 4.69) is 0 Å². The average Bonchev–Trinajstić information content (AvgIpc) is 2.65. The summed E-state index contributed by atoms with van der Waals surface area (Å²) in [6.07, 6.45) is 0. The minimum atomic E-state index is -0.356. The number of nitrogens with zero attached hydrogens (tertiary/aromatic N) is 1. The molecule has 3 rings (SSSR count). The van der Waals surface area contributed by atoms with Crippen LogP contribution in [0, 0.1) is 10.1 Å². The third-order valence-electron chi connectivity index (χ3n) is 4.80. The highest BCUT2D eigenvalue weighted by Gasteiger charge is 2.23. The summed E-state index contributed by atoms with van der Waals surface area (Å²) < 4.78 is 5.78. The summed E-state index contributed by atoms with van der Waals surface area (Å²) in [5.41, 5.74) is 1.30. The quantitative estimate of drug-likeness (QED) is 0.549. The van der Waals surface area contributed by atoms with Gasteiger partial charge in [0.05, 0.1) is 4.92 Å². The Morgan fingerprint density at radius 1 is 0.962 bits per heavy atom. The second-order valence-electron chi connectivity index (χ2n) is 6.65. The lowest BCUT2D eigenvalue weighted by molar-refractivity contribution is -1.02. The smallest absolute Gasteiger partial charge is 0.269 e. The number of non-ortho nitro benzene ring substituents is 1. The molecule has 2 aromatic carbocycles. The van der Waals surface area contributed by atoms with E-state index in [0.717, 1.165) is 55.6 Å². The van der Waals surface area contributed by atoms with Gasteiger partial charge < -0.3 is 14.5 Å². The topological polar surface area (TPSA) is 61.2 Å². The molecule has 1 heterocycles. The van der Waals surface area contributed by atoms with Crippen LogP contribution in [0.25, 0.3) is 0 Å². The Balaban J connectivity index is 1.37. The fourth-order valence-corrected chi connectivity index (χ4v) is 3.38. The van der Waals surface area contributed by atoms with E-state index in [1.165, 1.54) is 4.90 Å². The molecule has 1 saturated heterocycles. The maximum absolute atomic E-state index is 10.7. The van der Waals surface area contributed by atoms with Gasteiger partial charge in [-0.1, -0.05) is 11.6 Å². The summed E-state index contributed by atoms with van der Waals surface area (Å²) >= 11 is 5.87. The number of halogens is 1. The lowest BCUT2D eigenvalue weighted by Gasteiger charge is -2.29. The van der Waals surface area contributed by atoms with E-state index in [0.29, 0.717) is 6.61 Å². The molecule has 0 amide bonds. The Morgan fingerprint density at radius 2 is 1.58 bits per heavy atom. The largest absolute Gasteiger partial charge is 0.488 e. The number of nitro groups is 1. The number of rotatable bonds is 7. The number of hydrogen-bond acceptors (Lipinski definition) is 3. The highest BCUT2D eigenvalue weighted by atomic mass is 35.5. The molecule has 6 nitrogen and oxygen atoms in total. The highest BCUT2D eigenvalue weighted by molar-refractivity contribution is 6.30. The number of piperazine rings is 1. The molecular weight excluding hydrogens is 354 g/mol. The van der Waals surface area contributed by atoms with E-state index < -0.39 is 0 Å². The van der Waals surface area contributed by atoms with Crippen LogP contribution < -0.4 is 14.5 Å². The van der Waals surface area contributed by atoms with Gasteiger partial charge in [0.1, 0.15) is 51.6 Å². The van der Waals surface area contributed by atoms with Gasteiger partial charge in [0.2, 0.25) is 0 Å². The molecule has 1 fully saturated rings. The van der Waals surface area contributed by atoms with Crippen LogP contribution in [0.1, 0.15) is 5.56 Å². The minimum Gasteiger partial charge on any atom is -0.488 e. The van der Waals surface area contributed by atoms with Gasteiger partial charge in [0.25, 0.3) is 5.69 Å². The zero-order valence-electron chi connectivity index (χ0n) is 14.6. The van der Waals surface area contributed by atoms with Crippen molar-refractivity contribution in [3.63, 3.8) is 0 Å². The monoisotopic (exact) mass is 377 g/mol. The molecule has 0 spiro atoms. The third-order valence-corrected chi connectivity index (χ3v) is 5.06. The first-order chi connectivity index (χ1) is 12.6. The lowest BCUT2D eigenvalue weighted by atomic mass is 10.2. The average molecular weight is 378 g/mol. The Labute approximate surface area is 158 Å². The number of ether oxygens (including phenoxy) is 1. The molecule has 26 heavy (non-hydrogen) atoms. The van der Waals surface area contributed by atoms with E-state index in [1.54, 1.807) is 17.0 Å². The van der Waals surface area contributed by atoms with Crippen molar-refractivity contribution in [2.75, 3.05) is 39.3 Å². The van der Waals surface area contributed by atoms with Crippen molar-refractivity contribution >= 4 is 17.3 Å². The molecule has 0 atom stereocenters. The van der Waals surface area contributed by atoms with Crippen LogP contribution in [0.5, 0.6) is 5.75 Å². The lowest BCUT2D eigenvalue weighted by Crippen LogP contribution is -3.27. The fraction of sp³-hybridized carbons (Fsp3) is 0.368. The molecule has 0 aromatic heterocycles. The van der Waals surface area contributed by atoms with Gasteiger partial charge in [-0.2, -0.15) is 0 Å². The third kappa shape index (κ3) is 5.42. The summed E-state index contributed by atoms with van der Waals surface area (Å²) in [7, 11) is 0. The first-order valence-electron chi connectivity index (χ1n) is 8.89. The zero-order valence-corrected chi connectivity index (χ0v) is 15.4. The van der Waals surface area contributed by atoms with Crippen molar-refractivity contribution in [3.05, 3.63) is 69.2 Å². The van der Waals surface area contributed by atoms with E-state index >= 15 is 0 Å². The number of hydrogen-bond donors (Lipinski definition) is 2. The second-order valence-corrected chi connectivity index (χ2v) is 7.09. The van der Waals surface area contributed by atoms with Gasteiger partial charge >= 0.3 is 0 Å². The van der Waals surface area contributed by atoms with Gasteiger partial charge in [-0.25, -0.2) is 0 Å². The van der Waals surface area contributed by atoms with Crippen molar-refractivity contribution in [2.24, 2.45) is 0 Å². The molecule has 2 N–H and O–H groups in total. The SMILES string of the molecule is O=[N+]([O-])c1ccc(C[NH+]2CC[NH+](CCOc3ccc(Cl)cc3)CC2)cc1. The van der Waals surface area contributed by atoms with Crippen LogP contribution in [-0.2, 0) is 6.54 Å². The summed E-state index contributed by atoms with van der Waals surface area (Å²) in [5, 5.41) is 11.4. The van der Waals surface area contributed by atoms with Crippen molar-refractivity contribution in [1.82, 2.24) is 0 Å². The van der Waals surface area contributed by atoms with Crippen molar-refractivity contribution in [1.29, 1.82) is 0 Å². The normalized spacial score (nSPS) is 19.9. The standard InChI is InChI=1S/C19H22ClN3O3/c20-17-3-7-19(8-4-17)26-14-13-21-9-11-22(12-10-21)15-16-1-5-18(6-2-16)23(24)25/h1-8H,9-15H2/p+2. The van der Waals surface area contributed by atoms with Gasteiger partial charge in [0.15, 0.2) is 0 Å². The predicted molar refractivity (Wildman–Crippen MR) is 100 cm³/mol. The zero-order chi connectivity index (χ0) is 18.4. The van der Waals surface area contributed by atoms with Crippen LogP contribution >= 0.6 is 11.6 Å². The van der Waals surface area contributed by atoms with Gasteiger partial charge in [-0.3, -0.25) is 10.1 Å². The Kier molecular flexibility index (Phi) is 6.44. The Morgan fingerprint density at radius 3 is 2.19 bits per heavy atom. The molecule has 0 unspecified atom stereocenters. The maximum Gasteiger partial charge on any atom is 0.269 e. The van der Waals surface area contributed by atoms with E-state index in [9.17, 15) is 10.1 Å². The first-order valence-corrected chi connectivity index (χ1v) is 9.27. The molecule has 0 radical (unpaired) electrons. The van der Waals surface area contributed by atoms with Crippen LogP contribution in [0.3, 0.4) is 0 Å². The summed E-state index contributed by atoms with van der Waals surface area (Å²) in [5.74, 6) is 0.858. The van der Waals surface area contributed by atoms with Gasteiger partial charge in [0, 0.05) is 22.7 Å². The number of quaternary nitrogens is 2. The molecule has 0 aliphatic carbocycles. The van der Waals surface area contributed by atoms with E-state index in [1.807, 2.05) is 36.4 Å². The predicted octanol–water partition coefficient (Wildman–Crippen LogP) is 0.611. The molecule has 1 aliphatic rings. The fourth-order valence-electron chi connectivity index (χ4n) is 3.25. The van der Waals surface area contributed by atoms with Gasteiger partial charge in [-0.15, -0.1) is 0 Å². The summed E-state index contributed by atoms with van der Waals surface area (Å²) in [4.78, 5) is 13.4. The summed E-state index contributed by atoms with van der Waals surface area (Å²) in [6, 6.07) is 14.4. The van der Waals surface area contributed by atoms with Crippen molar-refractivity contribution in [2.45, 2.75) is 6.54 Å². The number of nitro benzene ring substituents is 1. The van der Waals surface area contributed by atoms with Crippen LogP contribution in [-0.4, -0.2) is 44.3 Å². The highest BCUT2D eigenvalue weighted by Crippen LogP contribution is 2.15. The molecule has 0 saturated carbocycles.